The first kappa shape index (κ1) is 24.0. The van der Waals surface area contributed by atoms with E-state index in [0.717, 1.165) is 79.6 Å². The summed E-state index contributed by atoms with van der Waals surface area (Å²) in [5.74, 6) is 0.157. The highest BCUT2D eigenvalue weighted by Crippen LogP contribution is 2.42. The van der Waals surface area contributed by atoms with Gasteiger partial charge in [0.25, 0.3) is 0 Å². The number of aromatic nitrogens is 1. The molecule has 0 aliphatic heterocycles. The molecule has 0 atom stereocenters. The average Bonchev–Trinajstić information content (AvgIpc) is 3.30. The van der Waals surface area contributed by atoms with Gasteiger partial charge in [-0.1, -0.05) is 56.0 Å². The van der Waals surface area contributed by atoms with E-state index in [1.807, 2.05) is 42.5 Å². The highest BCUT2D eigenvalue weighted by Gasteiger charge is 2.40. The lowest BCUT2D eigenvalue weighted by atomic mass is 9.81. The second-order valence-electron chi connectivity index (χ2n) is 8.95. The van der Waals surface area contributed by atoms with Crippen molar-refractivity contribution < 1.29 is 4.79 Å². The number of fused-ring (bicyclic) bond motifs is 1. The second kappa shape index (κ2) is 10.4. The van der Waals surface area contributed by atoms with Crippen LogP contribution in [0.15, 0.2) is 48.5 Å². The highest BCUT2D eigenvalue weighted by atomic mass is 35.5. The Morgan fingerprint density at radius 1 is 1.03 bits per heavy atom. The van der Waals surface area contributed by atoms with Crippen molar-refractivity contribution in [3.63, 3.8) is 0 Å². The van der Waals surface area contributed by atoms with Crippen molar-refractivity contribution in [2.45, 2.75) is 46.0 Å². The van der Waals surface area contributed by atoms with Gasteiger partial charge in [-0.25, -0.2) is 4.98 Å². The molecule has 0 spiro atoms. The quantitative estimate of drug-likeness (QED) is 0.361. The number of halogens is 2. The summed E-state index contributed by atoms with van der Waals surface area (Å²) in [6.07, 6.45) is 5.12. The van der Waals surface area contributed by atoms with Crippen LogP contribution in [0.1, 0.15) is 46.0 Å². The molecule has 3 aromatic rings. The zero-order valence-electron chi connectivity index (χ0n) is 19.3. The van der Waals surface area contributed by atoms with Crippen molar-refractivity contribution in [3.05, 3.63) is 58.6 Å². The van der Waals surface area contributed by atoms with E-state index in [-0.39, 0.29) is 11.3 Å². The molecule has 0 bridgehead atoms. The number of nitrogens with one attached hydrogen (secondary N) is 1. The molecule has 33 heavy (non-hydrogen) atoms. The third-order valence-corrected chi connectivity index (χ3v) is 7.55. The van der Waals surface area contributed by atoms with E-state index in [0.29, 0.717) is 10.0 Å². The molecule has 174 valence electrons. The summed E-state index contributed by atoms with van der Waals surface area (Å²) in [4.78, 5) is 20.6. The standard InChI is InChI=1S/C27H31Cl2N3O/c1-3-32(4-2)16-15-27(13-5-6-14-27)26(33)30-21-9-12-24-19(17-21)7-11-25(31-24)22-10-8-20(28)18-23(22)29/h7-12,17-18H,3-6,13-16H2,1-2H3,(H,30,33). The lowest BCUT2D eigenvalue weighted by Gasteiger charge is -2.30. The lowest BCUT2D eigenvalue weighted by Crippen LogP contribution is -2.37. The van der Waals surface area contributed by atoms with E-state index in [2.05, 4.69) is 24.1 Å². The Balaban J connectivity index is 1.53. The molecule has 1 saturated carbocycles. The number of benzene rings is 2. The van der Waals surface area contributed by atoms with Gasteiger partial charge in [0.15, 0.2) is 0 Å². The van der Waals surface area contributed by atoms with E-state index in [1.165, 1.54) is 0 Å². The normalized spacial score (nSPS) is 15.3. The number of hydrogen-bond donors (Lipinski definition) is 1. The molecule has 1 aliphatic rings. The van der Waals surface area contributed by atoms with Crippen LogP contribution in [0, 0.1) is 5.41 Å². The SMILES string of the molecule is CCN(CC)CCC1(C(=O)Nc2ccc3nc(-c4ccc(Cl)cc4Cl)ccc3c2)CCCC1. The van der Waals surface area contributed by atoms with Gasteiger partial charge in [-0.2, -0.15) is 0 Å². The number of amides is 1. The molecular formula is C27H31Cl2N3O. The maximum absolute atomic E-state index is 13.4. The fraction of sp³-hybridized carbons (Fsp3) is 0.407. The molecule has 0 radical (unpaired) electrons. The molecule has 0 unspecified atom stereocenters. The van der Waals surface area contributed by atoms with Gasteiger partial charge in [0, 0.05) is 21.7 Å². The first-order valence-corrected chi connectivity index (χ1v) is 12.6. The molecule has 2 aromatic carbocycles. The number of hydrogen-bond acceptors (Lipinski definition) is 3. The van der Waals surface area contributed by atoms with Crippen LogP contribution in [-0.2, 0) is 4.79 Å². The minimum atomic E-state index is -0.259. The van der Waals surface area contributed by atoms with Gasteiger partial charge >= 0.3 is 0 Å². The number of nitrogens with zero attached hydrogens (tertiary/aromatic N) is 2. The summed E-state index contributed by atoms with van der Waals surface area (Å²) in [7, 11) is 0. The Kier molecular flexibility index (Phi) is 7.58. The van der Waals surface area contributed by atoms with Gasteiger partial charge in [-0.15, -0.1) is 0 Å². The van der Waals surface area contributed by atoms with Gasteiger partial charge in [-0.05, 0) is 81.4 Å². The Morgan fingerprint density at radius 3 is 2.48 bits per heavy atom. The van der Waals surface area contributed by atoms with Crippen LogP contribution in [0.3, 0.4) is 0 Å². The average molecular weight is 484 g/mol. The first-order chi connectivity index (χ1) is 15.9. The highest BCUT2D eigenvalue weighted by molar-refractivity contribution is 6.36. The van der Waals surface area contributed by atoms with Gasteiger partial charge in [-0.3, -0.25) is 4.79 Å². The maximum Gasteiger partial charge on any atom is 0.230 e. The fourth-order valence-electron chi connectivity index (χ4n) is 4.87. The van der Waals surface area contributed by atoms with Crippen LogP contribution < -0.4 is 5.32 Å². The van der Waals surface area contributed by atoms with E-state index in [4.69, 9.17) is 28.2 Å². The maximum atomic E-state index is 13.4. The van der Waals surface area contributed by atoms with Crippen LogP contribution in [0.25, 0.3) is 22.2 Å². The van der Waals surface area contributed by atoms with E-state index in [9.17, 15) is 4.79 Å². The number of anilines is 1. The van der Waals surface area contributed by atoms with Gasteiger partial charge in [0.1, 0.15) is 0 Å². The molecule has 4 rings (SSSR count). The number of pyridine rings is 1. The van der Waals surface area contributed by atoms with Crippen molar-refractivity contribution in [2.75, 3.05) is 25.0 Å². The van der Waals surface area contributed by atoms with Crippen LogP contribution in [0.2, 0.25) is 10.0 Å². The third kappa shape index (κ3) is 5.34. The molecule has 1 aliphatic carbocycles. The molecule has 1 heterocycles. The van der Waals surface area contributed by atoms with Gasteiger partial charge in [0.05, 0.1) is 21.6 Å². The molecular weight excluding hydrogens is 453 g/mol. The second-order valence-corrected chi connectivity index (χ2v) is 9.79. The lowest BCUT2D eigenvalue weighted by molar-refractivity contribution is -0.126. The van der Waals surface area contributed by atoms with Crippen LogP contribution in [-0.4, -0.2) is 35.4 Å². The smallest absolute Gasteiger partial charge is 0.230 e. The van der Waals surface area contributed by atoms with Crippen LogP contribution >= 0.6 is 23.2 Å². The Labute approximate surface area is 206 Å². The van der Waals surface area contributed by atoms with Crippen molar-refractivity contribution in [1.29, 1.82) is 0 Å². The molecule has 1 amide bonds. The molecule has 1 N–H and O–H groups in total. The minimum absolute atomic E-state index is 0.157. The zero-order chi connectivity index (χ0) is 23.4. The van der Waals surface area contributed by atoms with E-state index in [1.54, 1.807) is 6.07 Å². The molecule has 1 aromatic heterocycles. The Morgan fingerprint density at radius 2 is 1.79 bits per heavy atom. The summed E-state index contributed by atoms with van der Waals surface area (Å²) in [5, 5.41) is 5.37. The van der Waals surface area contributed by atoms with Crippen LogP contribution in [0.4, 0.5) is 5.69 Å². The Bertz CT molecular complexity index is 1140. The number of rotatable bonds is 8. The topological polar surface area (TPSA) is 45.2 Å². The number of carbonyl (C=O) groups excluding carboxylic acids is 1. The van der Waals surface area contributed by atoms with Crippen molar-refractivity contribution >= 4 is 45.7 Å². The van der Waals surface area contributed by atoms with Gasteiger partial charge in [0.2, 0.25) is 5.91 Å². The number of carbonyl (C=O) groups is 1. The summed E-state index contributed by atoms with van der Waals surface area (Å²) in [5.41, 5.74) is 3.05. The molecule has 0 saturated heterocycles. The molecule has 1 fully saturated rings. The van der Waals surface area contributed by atoms with Crippen molar-refractivity contribution in [1.82, 2.24) is 9.88 Å². The van der Waals surface area contributed by atoms with Crippen LogP contribution in [0.5, 0.6) is 0 Å². The van der Waals surface area contributed by atoms with E-state index >= 15 is 0 Å². The largest absolute Gasteiger partial charge is 0.326 e. The zero-order valence-corrected chi connectivity index (χ0v) is 20.8. The minimum Gasteiger partial charge on any atom is -0.326 e. The predicted molar refractivity (Wildman–Crippen MR) is 139 cm³/mol. The monoisotopic (exact) mass is 483 g/mol. The Hall–Kier alpha value is -2.14. The summed E-state index contributed by atoms with van der Waals surface area (Å²) < 4.78 is 0. The molecule has 6 heteroatoms. The molecule has 4 nitrogen and oxygen atoms in total. The predicted octanol–water partition coefficient (Wildman–Crippen LogP) is 7.44. The summed E-state index contributed by atoms with van der Waals surface area (Å²) in [6, 6.07) is 15.3. The van der Waals surface area contributed by atoms with E-state index < -0.39 is 0 Å². The third-order valence-electron chi connectivity index (χ3n) is 7.00. The van der Waals surface area contributed by atoms with Gasteiger partial charge < -0.3 is 10.2 Å². The summed E-state index contributed by atoms with van der Waals surface area (Å²) in [6.45, 7) is 7.38. The summed E-state index contributed by atoms with van der Waals surface area (Å²) >= 11 is 12.4. The van der Waals surface area contributed by atoms with Crippen molar-refractivity contribution in [3.8, 4) is 11.3 Å². The fourth-order valence-corrected chi connectivity index (χ4v) is 5.37. The first-order valence-electron chi connectivity index (χ1n) is 11.8. The van der Waals surface area contributed by atoms with Crippen molar-refractivity contribution in [2.24, 2.45) is 5.41 Å².